The van der Waals surface area contributed by atoms with Gasteiger partial charge in [-0.3, -0.25) is 0 Å². The molecule has 4 heteroatoms. The van der Waals surface area contributed by atoms with Crippen LogP contribution in [-0.4, -0.2) is 32.0 Å². The maximum absolute atomic E-state index is 11.3. The molecule has 0 atom stereocenters. The summed E-state index contributed by atoms with van der Waals surface area (Å²) in [6, 6.07) is 0. The Hall–Kier alpha value is -0.0900. The largest absolute Gasteiger partial charge is 0.314 e. The van der Waals surface area contributed by atoms with Crippen LogP contribution in [0.4, 0.5) is 0 Å². The van der Waals surface area contributed by atoms with Gasteiger partial charge in [0.25, 0.3) is 0 Å². The topological polar surface area (TPSA) is 46.2 Å². The highest BCUT2D eigenvalue weighted by Gasteiger charge is 2.43. The van der Waals surface area contributed by atoms with Crippen molar-refractivity contribution in [1.29, 1.82) is 0 Å². The second-order valence-corrected chi connectivity index (χ2v) is 5.58. The molecular weight excluding hydrogens is 150 g/mol. The van der Waals surface area contributed by atoms with Gasteiger partial charge in [0.2, 0.25) is 0 Å². The molecule has 1 N–H and O–H groups in total. The van der Waals surface area contributed by atoms with Gasteiger partial charge in [-0.25, -0.2) is 8.42 Å². The number of rotatable bonds is 2. The van der Waals surface area contributed by atoms with Gasteiger partial charge in [0, 0.05) is 13.1 Å². The predicted molar refractivity (Wildman–Crippen MR) is 38.6 cm³/mol. The minimum atomic E-state index is -2.69. The normalized spacial score (nSPS) is 28.0. The summed E-state index contributed by atoms with van der Waals surface area (Å²) in [5.41, 5.74) is 0. The Morgan fingerprint density at radius 2 is 1.70 bits per heavy atom. The molecule has 0 aromatic rings. The van der Waals surface area contributed by atoms with Gasteiger partial charge < -0.3 is 5.32 Å². The van der Waals surface area contributed by atoms with Crippen molar-refractivity contribution in [3.05, 3.63) is 0 Å². The van der Waals surface area contributed by atoms with Crippen LogP contribution in [0.25, 0.3) is 0 Å². The summed E-state index contributed by atoms with van der Waals surface area (Å²) in [7, 11) is -2.69. The van der Waals surface area contributed by atoms with Gasteiger partial charge in [-0.2, -0.15) is 0 Å². The van der Waals surface area contributed by atoms with Crippen LogP contribution in [0.2, 0.25) is 0 Å². The van der Waals surface area contributed by atoms with Crippen molar-refractivity contribution >= 4 is 9.84 Å². The zero-order valence-electron chi connectivity index (χ0n) is 5.71. The molecule has 0 aromatic heterocycles. The number of hydrogen-bond acceptors (Lipinski definition) is 3. The maximum atomic E-state index is 11.3. The zero-order chi connectivity index (χ0) is 7.19. The van der Waals surface area contributed by atoms with E-state index in [0.29, 0.717) is 13.1 Å². The average Bonchev–Trinajstić information content (AvgIpc) is 2.32. The first-order valence-corrected chi connectivity index (χ1v) is 5.25. The molecule has 0 spiro atoms. The molecule has 0 bridgehead atoms. The number of nitrogens with one attached hydrogen (secondary N) is 1. The summed E-state index contributed by atoms with van der Waals surface area (Å²) >= 11 is 0. The zero-order valence-corrected chi connectivity index (χ0v) is 6.52. The molecular formula is C6H11NO2S. The highest BCUT2D eigenvalue weighted by Crippen LogP contribution is 2.32. The van der Waals surface area contributed by atoms with E-state index in [2.05, 4.69) is 5.32 Å². The smallest absolute Gasteiger partial charge is 0.158 e. The summed E-state index contributed by atoms with van der Waals surface area (Å²) in [6.45, 7) is 1.36. The lowest BCUT2D eigenvalue weighted by molar-refractivity contribution is 0.494. The molecule has 0 aromatic carbocycles. The Bertz CT molecular complexity index is 226. The molecule has 1 saturated carbocycles. The first-order valence-electron chi connectivity index (χ1n) is 3.64. The fraction of sp³-hybridized carbons (Fsp3) is 1.00. The van der Waals surface area contributed by atoms with Crippen molar-refractivity contribution in [2.24, 2.45) is 0 Å². The summed E-state index contributed by atoms with van der Waals surface area (Å²) in [4.78, 5) is 0. The number of sulfone groups is 1. The van der Waals surface area contributed by atoms with Crippen LogP contribution in [0, 0.1) is 0 Å². The van der Waals surface area contributed by atoms with Crippen molar-refractivity contribution in [1.82, 2.24) is 5.32 Å². The molecule has 1 aliphatic heterocycles. The predicted octanol–water partition coefficient (Wildman–Crippen LogP) is -0.465. The molecule has 2 fully saturated rings. The van der Waals surface area contributed by atoms with Crippen molar-refractivity contribution < 1.29 is 8.42 Å². The molecule has 3 nitrogen and oxygen atoms in total. The van der Waals surface area contributed by atoms with E-state index >= 15 is 0 Å². The third kappa shape index (κ3) is 0.864. The average molecular weight is 161 g/mol. The monoisotopic (exact) mass is 161 g/mol. The molecule has 2 rings (SSSR count). The molecule has 0 unspecified atom stereocenters. The molecule has 2 aliphatic rings. The standard InChI is InChI=1S/C6H11NO2S/c8-10(9,5-1-2-5)6-3-7-4-6/h5-7H,1-4H2. The Morgan fingerprint density at radius 3 is 2.00 bits per heavy atom. The van der Waals surface area contributed by atoms with Crippen LogP contribution in [0.1, 0.15) is 12.8 Å². The SMILES string of the molecule is O=S(=O)(C1CC1)C1CNC1. The summed E-state index contributed by atoms with van der Waals surface area (Å²) in [5.74, 6) is 0. The van der Waals surface area contributed by atoms with E-state index in [1.807, 2.05) is 0 Å². The van der Waals surface area contributed by atoms with E-state index in [1.54, 1.807) is 0 Å². The van der Waals surface area contributed by atoms with Gasteiger partial charge in [-0.15, -0.1) is 0 Å². The Morgan fingerprint density at radius 1 is 1.10 bits per heavy atom. The van der Waals surface area contributed by atoms with Crippen LogP contribution < -0.4 is 5.32 Å². The van der Waals surface area contributed by atoms with Crippen molar-refractivity contribution in [3.63, 3.8) is 0 Å². The minimum absolute atomic E-state index is 0.0274. The molecule has 1 saturated heterocycles. The van der Waals surface area contributed by atoms with E-state index in [9.17, 15) is 8.42 Å². The lowest BCUT2D eigenvalue weighted by Gasteiger charge is -2.26. The fourth-order valence-electron chi connectivity index (χ4n) is 1.16. The second-order valence-electron chi connectivity index (χ2n) is 3.07. The maximum Gasteiger partial charge on any atom is 0.158 e. The minimum Gasteiger partial charge on any atom is -0.314 e. The van der Waals surface area contributed by atoms with Gasteiger partial charge >= 0.3 is 0 Å². The summed E-state index contributed by atoms with van der Waals surface area (Å²) in [5, 5.41) is 2.94. The van der Waals surface area contributed by atoms with Crippen molar-refractivity contribution in [2.45, 2.75) is 23.3 Å². The quantitative estimate of drug-likeness (QED) is 0.596. The lowest BCUT2D eigenvalue weighted by Crippen LogP contribution is -2.52. The summed E-state index contributed by atoms with van der Waals surface area (Å²) < 4.78 is 22.7. The molecule has 10 heavy (non-hydrogen) atoms. The second kappa shape index (κ2) is 1.95. The highest BCUT2D eigenvalue weighted by molar-refractivity contribution is 7.93. The van der Waals surface area contributed by atoms with Crippen LogP contribution >= 0.6 is 0 Å². The fourth-order valence-corrected chi connectivity index (χ4v) is 3.20. The third-order valence-electron chi connectivity index (χ3n) is 2.20. The Balaban J connectivity index is 2.12. The third-order valence-corrected chi connectivity index (χ3v) is 4.86. The van der Waals surface area contributed by atoms with Gasteiger partial charge in [0.05, 0.1) is 10.5 Å². The van der Waals surface area contributed by atoms with Crippen LogP contribution in [-0.2, 0) is 9.84 Å². The Labute approximate surface area is 60.7 Å². The van der Waals surface area contributed by atoms with Crippen molar-refractivity contribution in [3.8, 4) is 0 Å². The van der Waals surface area contributed by atoms with Crippen LogP contribution in [0.5, 0.6) is 0 Å². The highest BCUT2D eigenvalue weighted by atomic mass is 32.2. The van der Waals surface area contributed by atoms with Gasteiger partial charge in [0.15, 0.2) is 9.84 Å². The van der Waals surface area contributed by atoms with E-state index in [0.717, 1.165) is 12.8 Å². The van der Waals surface area contributed by atoms with E-state index in [4.69, 9.17) is 0 Å². The van der Waals surface area contributed by atoms with Crippen molar-refractivity contribution in [2.75, 3.05) is 13.1 Å². The van der Waals surface area contributed by atoms with E-state index in [-0.39, 0.29) is 10.5 Å². The first kappa shape index (κ1) is 6.61. The van der Waals surface area contributed by atoms with E-state index < -0.39 is 9.84 Å². The van der Waals surface area contributed by atoms with E-state index in [1.165, 1.54) is 0 Å². The molecule has 1 heterocycles. The van der Waals surface area contributed by atoms with Gasteiger partial charge in [-0.05, 0) is 12.8 Å². The van der Waals surface area contributed by atoms with Gasteiger partial charge in [0.1, 0.15) is 0 Å². The lowest BCUT2D eigenvalue weighted by atomic mass is 10.3. The molecule has 0 amide bonds. The number of hydrogen-bond donors (Lipinski definition) is 1. The molecule has 58 valence electrons. The van der Waals surface area contributed by atoms with Crippen LogP contribution in [0.15, 0.2) is 0 Å². The molecule has 0 radical (unpaired) electrons. The first-order chi connectivity index (χ1) is 4.71. The summed E-state index contributed by atoms with van der Waals surface area (Å²) in [6.07, 6.45) is 1.80. The van der Waals surface area contributed by atoms with Gasteiger partial charge in [-0.1, -0.05) is 0 Å². The molecule has 1 aliphatic carbocycles. The Kier molecular flexibility index (Phi) is 1.29. The van der Waals surface area contributed by atoms with Crippen LogP contribution in [0.3, 0.4) is 0 Å².